The number of aromatic nitrogens is 1. The topological polar surface area (TPSA) is 8.17 Å². The fraction of sp³-hybridized carbons (Fsp3) is 0.0294. The second-order valence-corrected chi connectivity index (χ2v) is 19.4. The number of para-hydroxylation sites is 3. The Morgan fingerprint density at radius 2 is 0.757 bits per heavy atom. The van der Waals surface area contributed by atoms with E-state index in [1.54, 1.807) is 0 Å². The molecule has 1 aromatic heterocycles. The van der Waals surface area contributed by atoms with Crippen LogP contribution in [-0.4, -0.2) is 4.57 Å². The third kappa shape index (κ3) is 4.55. The monoisotopic (exact) mass is 886 g/mol. The van der Waals surface area contributed by atoms with E-state index in [2.05, 4.69) is 264 Å². The van der Waals surface area contributed by atoms with Gasteiger partial charge in [-0.05, 0) is 131 Å². The van der Waals surface area contributed by atoms with Crippen LogP contribution < -0.4 is 4.90 Å². The van der Waals surface area contributed by atoms with E-state index in [4.69, 9.17) is 0 Å². The van der Waals surface area contributed by atoms with Gasteiger partial charge in [-0.3, -0.25) is 0 Å². The highest BCUT2D eigenvalue weighted by Gasteiger charge is 2.53. The Kier molecular flexibility index (Phi) is 7.51. The van der Waals surface area contributed by atoms with E-state index >= 15 is 0 Å². The van der Waals surface area contributed by atoms with Crippen LogP contribution >= 0.6 is 0 Å². The Morgan fingerprint density at radius 1 is 0.300 bits per heavy atom. The van der Waals surface area contributed by atoms with Gasteiger partial charge in [0, 0.05) is 22.1 Å². The molecule has 0 saturated heterocycles. The fourth-order valence-corrected chi connectivity index (χ4v) is 13.9. The molecular formula is C68H42N2. The van der Waals surface area contributed by atoms with Gasteiger partial charge in [-0.2, -0.15) is 0 Å². The summed E-state index contributed by atoms with van der Waals surface area (Å²) in [5.41, 5.74) is 27.2. The summed E-state index contributed by atoms with van der Waals surface area (Å²) in [5, 5.41) is 2.48. The lowest BCUT2D eigenvalue weighted by molar-refractivity contribution is 0.748. The van der Waals surface area contributed by atoms with Crippen LogP contribution in [0.5, 0.6) is 0 Å². The average molecular weight is 887 g/mol. The van der Waals surface area contributed by atoms with Crippen LogP contribution in [0.15, 0.2) is 255 Å². The van der Waals surface area contributed by atoms with E-state index in [0.29, 0.717) is 0 Å². The largest absolute Gasteiger partial charge is 0.310 e. The van der Waals surface area contributed by atoms with Crippen molar-refractivity contribution in [3.63, 3.8) is 0 Å². The van der Waals surface area contributed by atoms with Crippen molar-refractivity contribution < 1.29 is 0 Å². The molecular weight excluding hydrogens is 845 g/mol. The fourth-order valence-electron chi connectivity index (χ4n) is 13.9. The molecule has 0 amide bonds. The SMILES string of the molecule is c1ccc(N(c2ccc(-c3cccc4c3-c3ccccc3C43c4ccccc4-c4ccccc43)cc2)c2ccc3c4c2c2ccccc2n4-c2ccccc2C32c3ccccc3-c3ccccc32)cc1. The Morgan fingerprint density at radius 3 is 1.39 bits per heavy atom. The number of nitrogens with zero attached hydrogens (tertiary/aromatic N) is 2. The van der Waals surface area contributed by atoms with Crippen molar-refractivity contribution in [1.29, 1.82) is 0 Å². The van der Waals surface area contributed by atoms with Crippen LogP contribution in [0, 0.1) is 0 Å². The molecule has 4 aliphatic rings. The van der Waals surface area contributed by atoms with E-state index in [9.17, 15) is 0 Å². The van der Waals surface area contributed by atoms with Crippen molar-refractivity contribution in [3.05, 3.63) is 299 Å². The summed E-state index contributed by atoms with van der Waals surface area (Å²) >= 11 is 0. The quantitative estimate of drug-likeness (QED) is 0.171. The molecule has 0 bridgehead atoms. The maximum absolute atomic E-state index is 2.56. The Balaban J connectivity index is 0.923. The minimum absolute atomic E-state index is 0.389. The molecule has 2 spiro atoms. The van der Waals surface area contributed by atoms with Gasteiger partial charge in [0.05, 0.1) is 33.2 Å². The number of hydrogen-bond donors (Lipinski definition) is 0. The normalized spacial score (nSPS) is 14.2. The molecule has 1 aliphatic heterocycles. The van der Waals surface area contributed by atoms with Gasteiger partial charge in [-0.25, -0.2) is 0 Å². The van der Waals surface area contributed by atoms with Gasteiger partial charge in [0.2, 0.25) is 0 Å². The lowest BCUT2D eigenvalue weighted by Gasteiger charge is -2.40. The van der Waals surface area contributed by atoms with Gasteiger partial charge in [-0.15, -0.1) is 0 Å². The van der Waals surface area contributed by atoms with Gasteiger partial charge in [0.15, 0.2) is 0 Å². The smallest absolute Gasteiger partial charge is 0.0754 e. The number of fused-ring (bicyclic) bond motifs is 22. The van der Waals surface area contributed by atoms with Crippen LogP contribution in [0.4, 0.5) is 17.1 Å². The summed E-state index contributed by atoms with van der Waals surface area (Å²) in [5.74, 6) is 0. The molecule has 16 rings (SSSR count). The number of rotatable bonds is 4. The molecule has 0 fully saturated rings. The minimum atomic E-state index is -0.500. The molecule has 2 heteroatoms. The first-order chi connectivity index (χ1) is 34.8. The molecule has 324 valence electrons. The Bertz CT molecular complexity index is 4100. The molecule has 2 nitrogen and oxygen atoms in total. The third-order valence-corrected chi connectivity index (χ3v) is 16.4. The highest BCUT2D eigenvalue weighted by molar-refractivity contribution is 6.19. The average Bonchev–Trinajstić information content (AvgIpc) is 4.13. The first kappa shape index (κ1) is 38.0. The zero-order valence-electron chi connectivity index (χ0n) is 38.1. The van der Waals surface area contributed by atoms with Crippen molar-refractivity contribution in [3.8, 4) is 50.2 Å². The summed E-state index contributed by atoms with van der Waals surface area (Å²) in [7, 11) is 0. The second kappa shape index (κ2) is 13.8. The van der Waals surface area contributed by atoms with Crippen molar-refractivity contribution in [2.24, 2.45) is 0 Å². The summed E-state index contributed by atoms with van der Waals surface area (Å²) < 4.78 is 2.56. The van der Waals surface area contributed by atoms with Gasteiger partial charge < -0.3 is 9.47 Å². The van der Waals surface area contributed by atoms with E-state index in [0.717, 1.165) is 17.1 Å². The van der Waals surface area contributed by atoms with Crippen molar-refractivity contribution in [2.45, 2.75) is 10.8 Å². The second-order valence-electron chi connectivity index (χ2n) is 19.4. The van der Waals surface area contributed by atoms with Crippen LogP contribution in [0.1, 0.15) is 44.5 Å². The first-order valence-corrected chi connectivity index (χ1v) is 24.5. The predicted molar refractivity (Wildman–Crippen MR) is 288 cm³/mol. The summed E-state index contributed by atoms with van der Waals surface area (Å²) in [6.07, 6.45) is 0. The molecule has 0 atom stereocenters. The van der Waals surface area contributed by atoms with E-state index in [1.165, 1.54) is 117 Å². The lowest BCUT2D eigenvalue weighted by atomic mass is 9.65. The summed E-state index contributed by atoms with van der Waals surface area (Å²) in [6, 6.07) is 95.7. The van der Waals surface area contributed by atoms with Crippen LogP contribution in [0.25, 0.3) is 72.0 Å². The lowest BCUT2D eigenvalue weighted by Crippen LogP contribution is -2.33. The van der Waals surface area contributed by atoms with Crippen molar-refractivity contribution in [1.82, 2.24) is 4.57 Å². The number of benzene rings is 11. The highest BCUT2D eigenvalue weighted by Crippen LogP contribution is 2.65. The maximum atomic E-state index is 2.56. The minimum Gasteiger partial charge on any atom is -0.310 e. The molecule has 0 radical (unpaired) electrons. The van der Waals surface area contributed by atoms with Crippen molar-refractivity contribution in [2.75, 3.05) is 4.90 Å². The van der Waals surface area contributed by atoms with Gasteiger partial charge in [0.1, 0.15) is 0 Å². The highest BCUT2D eigenvalue weighted by atomic mass is 15.1. The standard InChI is InChI=1S/C68H42N2/c1-2-19-44(20-3-1)69(45-39-37-43(38-40-45)46-27-18-34-59-64(46)51-25-8-14-32-57(51)67(59)53-28-10-4-21-47(53)48-22-5-11-29-54(48)67)63-42-41-60-66-65(63)52-26-9-16-35-61(52)70(66)62-36-17-15-33-58(62)68(60)55-30-12-6-23-49(55)50-24-7-13-31-56(50)68/h1-42H. The number of hydrogen-bond acceptors (Lipinski definition) is 1. The predicted octanol–water partition coefficient (Wildman–Crippen LogP) is 16.9. The molecule has 12 aromatic rings. The summed E-state index contributed by atoms with van der Waals surface area (Å²) in [4.78, 5) is 2.48. The molecule has 11 aromatic carbocycles. The Labute approximate surface area is 406 Å². The molecule has 0 saturated carbocycles. The molecule has 0 unspecified atom stereocenters. The third-order valence-electron chi connectivity index (χ3n) is 16.4. The molecule has 2 heterocycles. The van der Waals surface area contributed by atoms with Crippen LogP contribution in [0.3, 0.4) is 0 Å². The number of anilines is 3. The summed E-state index contributed by atoms with van der Waals surface area (Å²) in [6.45, 7) is 0. The molecule has 0 N–H and O–H groups in total. The van der Waals surface area contributed by atoms with Crippen molar-refractivity contribution >= 4 is 38.9 Å². The maximum Gasteiger partial charge on any atom is 0.0754 e. The van der Waals surface area contributed by atoms with E-state index < -0.39 is 5.41 Å². The molecule has 70 heavy (non-hydrogen) atoms. The van der Waals surface area contributed by atoms with Crippen LogP contribution in [0.2, 0.25) is 0 Å². The van der Waals surface area contributed by atoms with E-state index in [1.807, 2.05) is 0 Å². The van der Waals surface area contributed by atoms with E-state index in [-0.39, 0.29) is 5.41 Å². The van der Waals surface area contributed by atoms with Gasteiger partial charge in [-0.1, -0.05) is 212 Å². The van der Waals surface area contributed by atoms with Crippen LogP contribution in [-0.2, 0) is 10.8 Å². The Hall–Kier alpha value is -8.98. The first-order valence-electron chi connectivity index (χ1n) is 24.5. The zero-order valence-corrected chi connectivity index (χ0v) is 38.1. The molecule has 3 aliphatic carbocycles. The van der Waals surface area contributed by atoms with Gasteiger partial charge in [0.25, 0.3) is 0 Å². The van der Waals surface area contributed by atoms with Gasteiger partial charge >= 0.3 is 0 Å². The zero-order chi connectivity index (χ0) is 45.7.